The van der Waals surface area contributed by atoms with Crippen LogP contribution in [0.4, 0.5) is 9.59 Å². The third-order valence-electron chi connectivity index (χ3n) is 8.32. The lowest BCUT2D eigenvalue weighted by Gasteiger charge is -2.32. The van der Waals surface area contributed by atoms with Crippen LogP contribution in [-0.2, 0) is 41.6 Å². The van der Waals surface area contributed by atoms with E-state index in [0.29, 0.717) is 65.2 Å². The molecule has 2 unspecified atom stereocenters. The molecule has 0 fully saturated rings. The first-order chi connectivity index (χ1) is 27.5. The van der Waals surface area contributed by atoms with Crippen LogP contribution >= 0.6 is 0 Å². The van der Waals surface area contributed by atoms with Gasteiger partial charge in [-0.3, -0.25) is 9.80 Å². The molecule has 0 spiro atoms. The topological polar surface area (TPSA) is 225 Å². The van der Waals surface area contributed by atoms with Crippen LogP contribution < -0.4 is 11.6 Å². The van der Waals surface area contributed by atoms with E-state index in [0.717, 1.165) is 11.1 Å². The highest BCUT2D eigenvalue weighted by Crippen LogP contribution is 2.18. The molecule has 2 aromatic carbocycles. The number of methoxy groups -OCH3 is 2. The summed E-state index contributed by atoms with van der Waals surface area (Å²) in [5.74, 6) is 3.46. The van der Waals surface area contributed by atoms with Crippen molar-refractivity contribution in [3.63, 3.8) is 0 Å². The van der Waals surface area contributed by atoms with Crippen LogP contribution in [0, 0.1) is 11.3 Å². The van der Waals surface area contributed by atoms with Gasteiger partial charge in [0.05, 0.1) is 50.7 Å². The van der Waals surface area contributed by atoms with Crippen molar-refractivity contribution >= 4 is 18.0 Å². The van der Waals surface area contributed by atoms with Crippen molar-refractivity contribution < 1.29 is 48.4 Å². The van der Waals surface area contributed by atoms with E-state index in [1.165, 1.54) is 9.80 Å². The quantitative estimate of drug-likeness (QED) is 0.0438. The molecule has 6 N–H and O–H groups in total. The zero-order valence-electron chi connectivity index (χ0n) is 36.3. The molecule has 16 heteroatoms. The Hall–Kier alpha value is -4.50. The Balaban J connectivity index is 0.00000108. The molecule has 2 aromatic rings. The minimum absolute atomic E-state index is 0.0437. The monoisotopic (exact) mass is 819 g/mol. The van der Waals surface area contributed by atoms with Crippen molar-refractivity contribution in [3.05, 3.63) is 71.8 Å². The lowest BCUT2D eigenvalue weighted by molar-refractivity contribution is -0.00740. The van der Waals surface area contributed by atoms with Crippen molar-refractivity contribution in [2.75, 3.05) is 40.5 Å². The molecule has 0 saturated carbocycles. The van der Waals surface area contributed by atoms with Gasteiger partial charge in [0.15, 0.2) is 5.84 Å². The molecule has 328 valence electrons. The molecule has 0 saturated heterocycles. The largest absolute Gasteiger partial charge is 0.444 e. The van der Waals surface area contributed by atoms with Gasteiger partial charge in [-0.2, -0.15) is 5.26 Å². The maximum atomic E-state index is 12.6. The summed E-state index contributed by atoms with van der Waals surface area (Å²) >= 11 is 0. The summed E-state index contributed by atoms with van der Waals surface area (Å²) in [6.07, 6.45) is 0.810. The number of likely N-dealkylation sites (N-methyl/N-ethyl adjacent to an activating group) is 1. The third kappa shape index (κ3) is 23.0. The normalized spacial score (nSPS) is 13.5. The number of nitriles is 1. The van der Waals surface area contributed by atoms with Gasteiger partial charge in [-0.15, -0.1) is 0 Å². The summed E-state index contributed by atoms with van der Waals surface area (Å²) in [6.45, 7) is 17.1. The van der Waals surface area contributed by atoms with Gasteiger partial charge in [0.2, 0.25) is 0 Å². The molecular formula is C42H70N6O10. The number of rotatable bonds is 21. The molecule has 2 rings (SSSR count). The molecule has 0 aromatic heterocycles. The van der Waals surface area contributed by atoms with E-state index < -0.39 is 35.5 Å². The highest BCUT2D eigenvalue weighted by atomic mass is 16.6. The van der Waals surface area contributed by atoms with Crippen LogP contribution in [0.5, 0.6) is 0 Å². The zero-order valence-corrected chi connectivity index (χ0v) is 36.3. The third-order valence-corrected chi connectivity index (χ3v) is 8.32. The number of oxime groups is 1. The first-order valence-electron chi connectivity index (χ1n) is 19.4. The van der Waals surface area contributed by atoms with Gasteiger partial charge in [-0.1, -0.05) is 65.8 Å². The minimum Gasteiger partial charge on any atom is -0.444 e. The van der Waals surface area contributed by atoms with Gasteiger partial charge in [-0.25, -0.2) is 15.5 Å². The van der Waals surface area contributed by atoms with Gasteiger partial charge >= 0.3 is 12.2 Å². The van der Waals surface area contributed by atoms with E-state index in [9.17, 15) is 20.1 Å². The van der Waals surface area contributed by atoms with E-state index in [1.807, 2.05) is 95.3 Å². The van der Waals surface area contributed by atoms with Crippen molar-refractivity contribution in [2.45, 2.75) is 130 Å². The van der Waals surface area contributed by atoms with E-state index in [-0.39, 0.29) is 18.0 Å². The molecular weight excluding hydrogens is 748 g/mol. The number of benzene rings is 2. The predicted molar refractivity (Wildman–Crippen MR) is 222 cm³/mol. The van der Waals surface area contributed by atoms with Gasteiger partial charge in [0.1, 0.15) is 17.2 Å². The van der Waals surface area contributed by atoms with Crippen molar-refractivity contribution in [1.82, 2.24) is 9.80 Å². The summed E-state index contributed by atoms with van der Waals surface area (Å²) in [5, 5.41) is 28.3. The summed E-state index contributed by atoms with van der Waals surface area (Å²) < 4.78 is 33.3. The number of hydrogen-bond donors (Lipinski definition) is 4. The summed E-state index contributed by atoms with van der Waals surface area (Å²) in [6, 6.07) is 20.8. The van der Waals surface area contributed by atoms with Gasteiger partial charge in [-0.05, 0) is 92.2 Å². The molecule has 0 radical (unpaired) electrons. The average molecular weight is 819 g/mol. The first-order valence-corrected chi connectivity index (χ1v) is 19.4. The summed E-state index contributed by atoms with van der Waals surface area (Å²) in [4.78, 5) is 27.8. The Kier molecular flexibility index (Phi) is 27.4. The lowest BCUT2D eigenvalue weighted by atomic mass is 10.1. The molecule has 2 amide bonds. The molecule has 58 heavy (non-hydrogen) atoms. The van der Waals surface area contributed by atoms with Crippen LogP contribution in [0.15, 0.2) is 65.8 Å². The summed E-state index contributed by atoms with van der Waals surface area (Å²) in [5.41, 5.74) is 6.83. The van der Waals surface area contributed by atoms with Crippen molar-refractivity contribution in [1.29, 1.82) is 5.26 Å². The summed E-state index contributed by atoms with van der Waals surface area (Å²) in [7, 11) is 3.24. The Morgan fingerprint density at radius 1 is 0.724 bits per heavy atom. The minimum atomic E-state index is -0.638. The van der Waals surface area contributed by atoms with Crippen LogP contribution in [0.3, 0.4) is 0 Å². The number of amides is 2. The first kappa shape index (κ1) is 53.5. The van der Waals surface area contributed by atoms with Crippen LogP contribution in [0.25, 0.3) is 0 Å². The average Bonchev–Trinajstić information content (AvgIpc) is 3.19. The molecule has 0 aliphatic heterocycles. The van der Waals surface area contributed by atoms with E-state index in [1.54, 1.807) is 35.0 Å². The molecule has 16 nitrogen and oxygen atoms in total. The highest BCUT2D eigenvalue weighted by molar-refractivity contribution is 5.88. The number of nitrogens with zero attached hydrogens (tertiary/aromatic N) is 4. The van der Waals surface area contributed by atoms with Crippen molar-refractivity contribution in [2.24, 2.45) is 16.8 Å². The van der Waals surface area contributed by atoms with E-state index in [2.05, 4.69) is 17.1 Å². The lowest BCUT2D eigenvalue weighted by Crippen LogP contribution is -2.50. The Labute approximate surface area is 345 Å². The highest BCUT2D eigenvalue weighted by Gasteiger charge is 2.31. The predicted octanol–water partition coefficient (Wildman–Crippen LogP) is 6.85. The maximum Gasteiger partial charge on any atom is 0.411 e. The fourth-order valence-electron chi connectivity index (χ4n) is 5.41. The molecule has 0 aliphatic carbocycles. The number of hydrogen-bond acceptors (Lipinski definition) is 13. The van der Waals surface area contributed by atoms with E-state index in [4.69, 9.17) is 39.4 Å². The van der Waals surface area contributed by atoms with Gasteiger partial charge in [0, 0.05) is 27.3 Å². The number of amidine groups is 1. The zero-order chi connectivity index (χ0) is 44.1. The molecule has 0 aliphatic rings. The molecule has 0 heterocycles. The number of carbonyl (C=O) groups is 2. The number of nitrogens with two attached hydrogens (primary N) is 2. The Morgan fingerprint density at radius 3 is 1.47 bits per heavy atom. The van der Waals surface area contributed by atoms with Crippen molar-refractivity contribution in [3.8, 4) is 6.07 Å². The SMILES string of the molecule is CCN(C(=O)OC(C)(C)C)C(C#N)CC[C@@H](COCc1ccccc1)OC.CCN(C(=O)OC(C)(C)C)C(CC[C@@H](COCc1ccccc1)OC)C(N)=NO.NO. The standard InChI is InChI=1S/C21H35N3O5.C21H32N2O4.H3NO/c1-6-24(20(25)29-21(2,3)4)18(19(22)23-26)13-12-17(27-5)15-28-14-16-10-8-7-9-11-16;1-6-23(20(24)27-21(2,3)4)18(14-22)12-13-19(25-5)16-26-15-17-10-8-7-9-11-17;1-2/h7-11,17-18,26H,6,12-15H2,1-5H3,(H2,22,23);7-11,18-19H,6,12-13,15-16H2,1-5H3;2H,1H2/t17-,18?;18?,19-;/m00./s1. The fourth-order valence-corrected chi connectivity index (χ4v) is 5.41. The maximum absolute atomic E-state index is 12.6. The molecule has 4 atom stereocenters. The molecule has 0 bridgehead atoms. The van der Waals surface area contributed by atoms with E-state index >= 15 is 0 Å². The van der Waals surface area contributed by atoms with Gasteiger partial charge in [0.25, 0.3) is 0 Å². The Bertz CT molecular complexity index is 1450. The van der Waals surface area contributed by atoms with Crippen LogP contribution in [-0.4, -0.2) is 114 Å². The number of ether oxygens (including phenoxy) is 6. The second-order valence-electron chi connectivity index (χ2n) is 15.1. The van der Waals surface area contributed by atoms with Crippen LogP contribution in [0.2, 0.25) is 0 Å². The van der Waals surface area contributed by atoms with Crippen LogP contribution in [0.1, 0.15) is 92.2 Å². The second kappa shape index (κ2) is 29.7. The Morgan fingerprint density at radius 2 is 1.12 bits per heavy atom. The second-order valence-corrected chi connectivity index (χ2v) is 15.1. The number of carbonyl (C=O) groups excluding carboxylic acids is 2. The van der Waals surface area contributed by atoms with Gasteiger partial charge < -0.3 is 44.6 Å². The fraction of sp³-hybridized carbons (Fsp3) is 0.619. The smallest absolute Gasteiger partial charge is 0.411 e.